The number of benzene rings is 1. The lowest BCUT2D eigenvalue weighted by Gasteiger charge is -2.12. The van der Waals surface area contributed by atoms with Gasteiger partial charge in [0.15, 0.2) is 0 Å². The normalized spacial score (nSPS) is 14.5. The van der Waals surface area contributed by atoms with Crippen molar-refractivity contribution in [2.24, 2.45) is 0 Å². The number of hydrogen-bond acceptors (Lipinski definition) is 5. The average molecular weight is 276 g/mol. The second-order valence-corrected chi connectivity index (χ2v) is 5.16. The standard InChI is InChI=1S/C13H12N2O3S/c1-2-18-13(17)8-3-4-10-9(5-8)14-11-6-19-7-12(16)15(10)11/h3-5H,2,6-7H2,1H3. The van der Waals surface area contributed by atoms with E-state index in [1.807, 2.05) is 0 Å². The largest absolute Gasteiger partial charge is 0.462 e. The number of esters is 1. The molecular formula is C13H12N2O3S. The summed E-state index contributed by atoms with van der Waals surface area (Å²) < 4.78 is 6.60. The van der Waals surface area contributed by atoms with E-state index in [1.54, 1.807) is 41.5 Å². The summed E-state index contributed by atoms with van der Waals surface area (Å²) >= 11 is 1.56. The van der Waals surface area contributed by atoms with Crippen LogP contribution >= 0.6 is 11.8 Å². The Hall–Kier alpha value is -1.82. The van der Waals surface area contributed by atoms with E-state index in [0.29, 0.717) is 23.4 Å². The Morgan fingerprint density at radius 3 is 3.11 bits per heavy atom. The lowest BCUT2D eigenvalue weighted by molar-refractivity contribution is 0.0526. The van der Waals surface area contributed by atoms with Gasteiger partial charge in [-0.3, -0.25) is 9.36 Å². The van der Waals surface area contributed by atoms with E-state index in [0.717, 1.165) is 17.1 Å². The van der Waals surface area contributed by atoms with Crippen LogP contribution < -0.4 is 0 Å². The molecule has 0 saturated carbocycles. The lowest BCUT2D eigenvalue weighted by Crippen LogP contribution is -2.20. The molecule has 5 nitrogen and oxygen atoms in total. The number of thioether (sulfide) groups is 1. The fourth-order valence-electron chi connectivity index (χ4n) is 2.14. The number of ether oxygens (including phenoxy) is 1. The fraction of sp³-hybridized carbons (Fsp3) is 0.308. The van der Waals surface area contributed by atoms with Gasteiger partial charge in [-0.2, -0.15) is 0 Å². The van der Waals surface area contributed by atoms with Gasteiger partial charge < -0.3 is 4.74 Å². The number of nitrogens with zero attached hydrogens (tertiary/aromatic N) is 2. The van der Waals surface area contributed by atoms with Gasteiger partial charge in [-0.05, 0) is 25.1 Å². The minimum absolute atomic E-state index is 0.0395. The van der Waals surface area contributed by atoms with Crippen molar-refractivity contribution in [1.29, 1.82) is 0 Å². The second kappa shape index (κ2) is 4.70. The van der Waals surface area contributed by atoms with E-state index in [9.17, 15) is 9.59 Å². The maximum atomic E-state index is 11.9. The molecule has 2 aromatic rings. The molecular weight excluding hydrogens is 264 g/mol. The van der Waals surface area contributed by atoms with Crippen molar-refractivity contribution in [1.82, 2.24) is 9.55 Å². The molecule has 0 atom stereocenters. The number of carbonyl (C=O) groups is 2. The predicted octanol–water partition coefficient (Wildman–Crippen LogP) is 2.10. The van der Waals surface area contributed by atoms with Crippen molar-refractivity contribution in [3.63, 3.8) is 0 Å². The molecule has 6 heteroatoms. The van der Waals surface area contributed by atoms with Crippen LogP contribution in [0.1, 0.15) is 27.9 Å². The first-order chi connectivity index (χ1) is 9.20. The molecule has 0 radical (unpaired) electrons. The molecule has 1 aromatic carbocycles. The molecule has 1 aliphatic rings. The van der Waals surface area contributed by atoms with Gasteiger partial charge in [0.1, 0.15) is 5.82 Å². The van der Waals surface area contributed by atoms with Crippen LogP contribution in [0.5, 0.6) is 0 Å². The SMILES string of the molecule is CCOC(=O)c1ccc2c(c1)nc1n2C(=O)CSC1. The Labute approximate surface area is 113 Å². The summed E-state index contributed by atoms with van der Waals surface area (Å²) in [4.78, 5) is 28.0. The summed E-state index contributed by atoms with van der Waals surface area (Å²) in [6.45, 7) is 2.10. The van der Waals surface area contributed by atoms with Crippen LogP contribution in [0.3, 0.4) is 0 Å². The maximum absolute atomic E-state index is 11.9. The molecule has 1 aliphatic heterocycles. The van der Waals surface area contributed by atoms with Crippen molar-refractivity contribution < 1.29 is 14.3 Å². The summed E-state index contributed by atoms with van der Waals surface area (Å²) in [5.74, 6) is 1.61. The summed E-state index contributed by atoms with van der Waals surface area (Å²) in [5.41, 5.74) is 1.88. The minimum atomic E-state index is -0.365. The lowest BCUT2D eigenvalue weighted by atomic mass is 10.2. The van der Waals surface area contributed by atoms with E-state index >= 15 is 0 Å². The molecule has 0 bridgehead atoms. The van der Waals surface area contributed by atoms with Gasteiger partial charge in [-0.15, -0.1) is 11.8 Å². The van der Waals surface area contributed by atoms with Crippen LogP contribution in [-0.4, -0.2) is 33.8 Å². The molecule has 0 saturated heterocycles. The maximum Gasteiger partial charge on any atom is 0.338 e. The number of rotatable bonds is 2. The first-order valence-corrected chi connectivity index (χ1v) is 7.15. The number of carbonyl (C=O) groups excluding carboxylic acids is 2. The monoisotopic (exact) mass is 276 g/mol. The number of fused-ring (bicyclic) bond motifs is 3. The van der Waals surface area contributed by atoms with E-state index in [4.69, 9.17) is 4.74 Å². The van der Waals surface area contributed by atoms with Crippen molar-refractivity contribution in [2.75, 3.05) is 12.4 Å². The molecule has 19 heavy (non-hydrogen) atoms. The van der Waals surface area contributed by atoms with Crippen LogP contribution in [0.25, 0.3) is 11.0 Å². The Balaban J connectivity index is 2.10. The average Bonchev–Trinajstić information content (AvgIpc) is 2.77. The van der Waals surface area contributed by atoms with Crippen LogP contribution in [0, 0.1) is 0 Å². The molecule has 3 rings (SSSR count). The van der Waals surface area contributed by atoms with Gasteiger partial charge in [0.05, 0.1) is 34.7 Å². The highest BCUT2D eigenvalue weighted by molar-refractivity contribution is 7.99. The van der Waals surface area contributed by atoms with Crippen molar-refractivity contribution >= 4 is 34.7 Å². The number of hydrogen-bond donors (Lipinski definition) is 0. The third kappa shape index (κ3) is 2.02. The molecule has 2 heterocycles. The second-order valence-electron chi connectivity index (χ2n) is 4.17. The first-order valence-electron chi connectivity index (χ1n) is 6.00. The summed E-state index contributed by atoms with van der Waals surface area (Å²) in [5, 5.41) is 0. The van der Waals surface area contributed by atoms with Crippen molar-refractivity contribution in [3.8, 4) is 0 Å². The van der Waals surface area contributed by atoms with E-state index in [1.165, 1.54) is 0 Å². The minimum Gasteiger partial charge on any atom is -0.462 e. The number of aromatic nitrogens is 2. The Kier molecular flexibility index (Phi) is 3.02. The van der Waals surface area contributed by atoms with Gasteiger partial charge in [-0.1, -0.05) is 0 Å². The number of imidazole rings is 1. The van der Waals surface area contributed by atoms with Crippen molar-refractivity contribution in [3.05, 3.63) is 29.6 Å². The highest BCUT2D eigenvalue weighted by Gasteiger charge is 2.22. The van der Waals surface area contributed by atoms with Crippen LogP contribution in [0.4, 0.5) is 0 Å². The van der Waals surface area contributed by atoms with Gasteiger partial charge in [0.25, 0.3) is 0 Å². The van der Waals surface area contributed by atoms with E-state index < -0.39 is 0 Å². The smallest absolute Gasteiger partial charge is 0.338 e. The third-order valence-corrected chi connectivity index (χ3v) is 3.85. The molecule has 0 spiro atoms. The highest BCUT2D eigenvalue weighted by Crippen LogP contribution is 2.25. The quantitative estimate of drug-likeness (QED) is 0.786. The van der Waals surface area contributed by atoms with Gasteiger partial charge in [-0.25, -0.2) is 9.78 Å². The van der Waals surface area contributed by atoms with Gasteiger partial charge >= 0.3 is 5.97 Å². The van der Waals surface area contributed by atoms with Gasteiger partial charge in [0.2, 0.25) is 5.91 Å². The van der Waals surface area contributed by atoms with Crippen LogP contribution in [0.2, 0.25) is 0 Å². The first kappa shape index (κ1) is 12.2. The summed E-state index contributed by atoms with van der Waals surface area (Å²) in [7, 11) is 0. The van der Waals surface area contributed by atoms with Crippen molar-refractivity contribution in [2.45, 2.75) is 12.7 Å². The molecule has 0 N–H and O–H groups in total. The van der Waals surface area contributed by atoms with Gasteiger partial charge in [0, 0.05) is 0 Å². The van der Waals surface area contributed by atoms with E-state index in [-0.39, 0.29) is 11.9 Å². The molecule has 1 aromatic heterocycles. The molecule has 0 fully saturated rings. The summed E-state index contributed by atoms with van der Waals surface area (Å²) in [6.07, 6.45) is 0. The highest BCUT2D eigenvalue weighted by atomic mass is 32.2. The molecule has 0 amide bonds. The van der Waals surface area contributed by atoms with Crippen LogP contribution in [0.15, 0.2) is 18.2 Å². The predicted molar refractivity (Wildman–Crippen MR) is 72.5 cm³/mol. The molecule has 0 unspecified atom stereocenters. The Bertz CT molecular complexity index is 678. The fourth-order valence-corrected chi connectivity index (χ4v) is 2.92. The molecule has 0 aliphatic carbocycles. The van der Waals surface area contributed by atoms with E-state index in [2.05, 4.69) is 4.98 Å². The zero-order valence-corrected chi connectivity index (χ0v) is 11.2. The molecule has 98 valence electrons. The zero-order chi connectivity index (χ0) is 13.4. The van der Waals surface area contributed by atoms with Crippen LogP contribution in [-0.2, 0) is 10.5 Å². The topological polar surface area (TPSA) is 61.2 Å². The summed E-state index contributed by atoms with van der Waals surface area (Å²) in [6, 6.07) is 5.10. The Morgan fingerprint density at radius 1 is 1.47 bits per heavy atom. The third-order valence-electron chi connectivity index (χ3n) is 2.94. The Morgan fingerprint density at radius 2 is 2.32 bits per heavy atom. The zero-order valence-electron chi connectivity index (χ0n) is 10.4.